The summed E-state index contributed by atoms with van der Waals surface area (Å²) in [6.45, 7) is 3.61. The number of aromatic nitrogens is 3. The molecule has 0 saturated carbocycles. The molecule has 2 rings (SSSR count). The largest absolute Gasteiger partial charge is 0.326 e. The number of hydrogen-bond acceptors (Lipinski definition) is 3. The van der Waals surface area contributed by atoms with Crippen molar-refractivity contribution >= 4 is 23.2 Å². The van der Waals surface area contributed by atoms with E-state index in [-0.39, 0.29) is 11.8 Å². The van der Waals surface area contributed by atoms with E-state index in [9.17, 15) is 4.79 Å². The van der Waals surface area contributed by atoms with Crippen molar-refractivity contribution in [1.29, 1.82) is 0 Å². The molecule has 0 saturated heterocycles. The first-order chi connectivity index (χ1) is 9.03. The number of carbonyl (C=O) groups excluding carboxylic acids is 1. The summed E-state index contributed by atoms with van der Waals surface area (Å²) >= 11 is 5.77. The predicted molar refractivity (Wildman–Crippen MR) is 74.5 cm³/mol. The van der Waals surface area contributed by atoms with Gasteiger partial charge in [-0.05, 0) is 38.1 Å². The Labute approximate surface area is 116 Å². The Morgan fingerprint density at radius 2 is 1.84 bits per heavy atom. The van der Waals surface area contributed by atoms with Crippen LogP contribution in [0.4, 0.5) is 5.69 Å². The van der Waals surface area contributed by atoms with Crippen molar-refractivity contribution in [2.75, 3.05) is 11.2 Å². The topological polar surface area (TPSA) is 59.8 Å². The van der Waals surface area contributed by atoms with Crippen LogP contribution in [0.1, 0.15) is 13.8 Å². The first-order valence-electron chi connectivity index (χ1n) is 5.87. The normalized spacial score (nSPS) is 11.3. The van der Waals surface area contributed by atoms with Crippen LogP contribution < -0.4 is 5.32 Å². The Morgan fingerprint density at radius 1 is 1.26 bits per heavy atom. The fraction of sp³-hybridized carbons (Fsp3) is 0.308. The second kappa shape index (κ2) is 5.40. The number of carbonyl (C=O) groups is 1. The minimum absolute atomic E-state index is 0.104. The van der Waals surface area contributed by atoms with Gasteiger partial charge >= 0.3 is 0 Å². The number of nitrogens with one attached hydrogen (secondary N) is 1. The van der Waals surface area contributed by atoms with Gasteiger partial charge in [0.2, 0.25) is 5.91 Å². The molecule has 1 aromatic carbocycles. The van der Waals surface area contributed by atoms with Crippen LogP contribution in [0.3, 0.4) is 0 Å². The fourth-order valence-corrected chi connectivity index (χ4v) is 1.51. The molecule has 0 atom stereocenters. The van der Waals surface area contributed by atoms with Crippen molar-refractivity contribution in [2.45, 2.75) is 13.8 Å². The van der Waals surface area contributed by atoms with Crippen LogP contribution in [0.2, 0.25) is 0 Å². The summed E-state index contributed by atoms with van der Waals surface area (Å²) in [6.07, 6.45) is 3.22. The van der Waals surface area contributed by atoms with Gasteiger partial charge in [0.15, 0.2) is 0 Å². The van der Waals surface area contributed by atoms with Gasteiger partial charge in [0.05, 0.1) is 23.5 Å². The van der Waals surface area contributed by atoms with Crippen LogP contribution in [-0.4, -0.2) is 26.8 Å². The van der Waals surface area contributed by atoms with Crippen LogP contribution in [0.25, 0.3) is 5.69 Å². The molecule has 1 heterocycles. The summed E-state index contributed by atoms with van der Waals surface area (Å²) in [5, 5.41) is 10.9. The molecule has 100 valence electrons. The molecule has 19 heavy (non-hydrogen) atoms. The number of hydrogen-bond donors (Lipinski definition) is 1. The van der Waals surface area contributed by atoms with E-state index in [2.05, 4.69) is 15.5 Å². The average molecular weight is 279 g/mol. The fourth-order valence-electron chi connectivity index (χ4n) is 1.39. The number of amides is 1. The molecule has 1 amide bonds. The van der Waals surface area contributed by atoms with Gasteiger partial charge in [-0.3, -0.25) is 4.79 Å². The van der Waals surface area contributed by atoms with Crippen LogP contribution in [0.5, 0.6) is 0 Å². The zero-order valence-electron chi connectivity index (χ0n) is 10.8. The Hall–Kier alpha value is -1.88. The number of alkyl halides is 1. The Morgan fingerprint density at radius 3 is 2.37 bits per heavy atom. The molecule has 0 fully saturated rings. The van der Waals surface area contributed by atoms with E-state index in [1.807, 2.05) is 12.1 Å². The SMILES string of the molecule is CC(C)(CCl)C(=O)Nc1ccc(-n2nccn2)cc1. The predicted octanol–water partition coefficient (Wildman–Crippen LogP) is 2.47. The molecule has 0 bridgehead atoms. The van der Waals surface area contributed by atoms with Gasteiger partial charge < -0.3 is 5.32 Å². The monoisotopic (exact) mass is 278 g/mol. The highest BCUT2D eigenvalue weighted by Gasteiger charge is 2.26. The van der Waals surface area contributed by atoms with Crippen molar-refractivity contribution in [1.82, 2.24) is 15.0 Å². The number of rotatable bonds is 4. The molecule has 0 aliphatic rings. The molecule has 0 aliphatic heterocycles. The van der Waals surface area contributed by atoms with Gasteiger partial charge in [0.1, 0.15) is 0 Å². The lowest BCUT2D eigenvalue weighted by atomic mass is 9.95. The van der Waals surface area contributed by atoms with E-state index >= 15 is 0 Å². The molecule has 0 spiro atoms. The van der Waals surface area contributed by atoms with E-state index in [1.54, 1.807) is 38.4 Å². The highest BCUT2D eigenvalue weighted by Crippen LogP contribution is 2.20. The summed E-state index contributed by atoms with van der Waals surface area (Å²) in [5.41, 5.74) is 0.961. The highest BCUT2D eigenvalue weighted by atomic mass is 35.5. The smallest absolute Gasteiger partial charge is 0.231 e. The summed E-state index contributed by atoms with van der Waals surface area (Å²) in [7, 11) is 0. The zero-order valence-corrected chi connectivity index (χ0v) is 11.6. The molecule has 0 unspecified atom stereocenters. The molecule has 6 heteroatoms. The van der Waals surface area contributed by atoms with Gasteiger partial charge in [0, 0.05) is 11.6 Å². The molecule has 5 nitrogen and oxygen atoms in total. The minimum Gasteiger partial charge on any atom is -0.326 e. The van der Waals surface area contributed by atoms with E-state index < -0.39 is 5.41 Å². The third kappa shape index (κ3) is 3.12. The summed E-state index contributed by atoms with van der Waals surface area (Å²) in [4.78, 5) is 13.5. The maximum Gasteiger partial charge on any atom is 0.231 e. The van der Waals surface area contributed by atoms with Crippen molar-refractivity contribution in [2.24, 2.45) is 5.41 Å². The Balaban J connectivity index is 2.10. The second-order valence-electron chi connectivity index (χ2n) is 4.84. The number of nitrogens with zero attached hydrogens (tertiary/aromatic N) is 3. The lowest BCUT2D eigenvalue weighted by Gasteiger charge is -2.20. The van der Waals surface area contributed by atoms with Gasteiger partial charge in [-0.1, -0.05) is 0 Å². The maximum absolute atomic E-state index is 12.0. The Bertz CT molecular complexity index is 549. The van der Waals surface area contributed by atoms with Gasteiger partial charge in [-0.2, -0.15) is 15.0 Å². The summed E-state index contributed by atoms with van der Waals surface area (Å²) < 4.78 is 0. The molecule has 1 N–H and O–H groups in total. The van der Waals surface area contributed by atoms with Crippen LogP contribution in [0, 0.1) is 5.41 Å². The molecule has 2 aromatic rings. The van der Waals surface area contributed by atoms with Crippen molar-refractivity contribution in [3.05, 3.63) is 36.7 Å². The first-order valence-corrected chi connectivity index (χ1v) is 6.40. The summed E-state index contributed by atoms with van der Waals surface area (Å²) in [5.74, 6) is 0.168. The van der Waals surface area contributed by atoms with Gasteiger partial charge in [0.25, 0.3) is 0 Å². The minimum atomic E-state index is -0.593. The van der Waals surface area contributed by atoms with Gasteiger partial charge in [-0.15, -0.1) is 11.6 Å². The number of halogens is 1. The van der Waals surface area contributed by atoms with Crippen LogP contribution >= 0.6 is 11.6 Å². The molecule has 0 aliphatic carbocycles. The lowest BCUT2D eigenvalue weighted by Crippen LogP contribution is -2.32. The van der Waals surface area contributed by atoms with Crippen molar-refractivity contribution < 1.29 is 4.79 Å². The maximum atomic E-state index is 12.0. The molecule has 0 radical (unpaired) electrons. The van der Waals surface area contributed by atoms with Gasteiger partial charge in [-0.25, -0.2) is 0 Å². The van der Waals surface area contributed by atoms with Crippen LogP contribution in [0.15, 0.2) is 36.7 Å². The second-order valence-corrected chi connectivity index (χ2v) is 5.10. The molecular formula is C13H15ClN4O. The van der Waals surface area contributed by atoms with Crippen molar-refractivity contribution in [3.8, 4) is 5.69 Å². The van der Waals surface area contributed by atoms with E-state index in [1.165, 1.54) is 4.80 Å². The first kappa shape index (κ1) is 13.5. The number of anilines is 1. The third-order valence-corrected chi connectivity index (χ3v) is 3.39. The quantitative estimate of drug-likeness (QED) is 0.874. The lowest BCUT2D eigenvalue weighted by molar-refractivity contribution is -0.122. The van der Waals surface area contributed by atoms with Crippen molar-refractivity contribution in [3.63, 3.8) is 0 Å². The zero-order chi connectivity index (χ0) is 13.9. The van der Waals surface area contributed by atoms with Crippen LogP contribution in [-0.2, 0) is 4.79 Å². The number of benzene rings is 1. The molecular weight excluding hydrogens is 264 g/mol. The standard InChI is InChI=1S/C13H15ClN4O/c1-13(2,9-14)12(19)17-10-3-5-11(6-4-10)18-15-7-8-16-18/h3-8H,9H2,1-2H3,(H,17,19). The Kier molecular flexibility index (Phi) is 3.85. The third-order valence-electron chi connectivity index (χ3n) is 2.72. The molecule has 1 aromatic heterocycles. The average Bonchev–Trinajstić information content (AvgIpc) is 2.93. The van der Waals surface area contributed by atoms with E-state index in [0.717, 1.165) is 11.4 Å². The highest BCUT2D eigenvalue weighted by molar-refractivity contribution is 6.20. The van der Waals surface area contributed by atoms with E-state index in [0.29, 0.717) is 0 Å². The van der Waals surface area contributed by atoms with E-state index in [4.69, 9.17) is 11.6 Å². The summed E-state index contributed by atoms with van der Waals surface area (Å²) in [6, 6.07) is 7.29.